The van der Waals surface area contributed by atoms with Crippen molar-refractivity contribution in [3.8, 4) is 5.75 Å². The molecule has 52 heavy (non-hydrogen) atoms. The van der Waals surface area contributed by atoms with Crippen LogP contribution in [0.3, 0.4) is 0 Å². The number of likely N-dealkylation sites (tertiary alicyclic amines) is 1. The smallest absolute Gasteiger partial charge is 0.387 e. The number of benzene rings is 1. The van der Waals surface area contributed by atoms with E-state index in [1.54, 1.807) is 0 Å². The third-order valence-electron chi connectivity index (χ3n) is 9.79. The Morgan fingerprint density at radius 1 is 1.13 bits per heavy atom. The van der Waals surface area contributed by atoms with Gasteiger partial charge in [0.15, 0.2) is 0 Å². The number of aliphatic hydroxyl groups is 1. The van der Waals surface area contributed by atoms with E-state index in [1.165, 1.54) is 24.7 Å². The van der Waals surface area contributed by atoms with E-state index in [-0.39, 0.29) is 73.4 Å². The largest absolute Gasteiger partial charge is 0.435 e. The second-order valence-corrected chi connectivity index (χ2v) is 15.5. The molecule has 5 rings (SSSR count). The molecule has 2 atom stereocenters. The molecule has 2 aromatic rings. The number of nitrogens with zero attached hydrogens (tertiary/aromatic N) is 5. The standard InChI is InChI=1S/C33H43F2N7O9S/c1-32(2,47)26-18-37-40-42(26)21-17-25(29(45)38-33(27(43)28(36)44)12-14-50-15-13-33)41(19-21)30(46)24(16-20-6-4-3-5-7-20)39-52(48,49)23-10-8-22(9-11-23)51-31(34)35/h8-11,18,20-21,25,31,47H,3-7,12-17,19H2,1-2H3,(H2,36,44)(H,38,45)/t21-,25-/m0/s1. The van der Waals surface area contributed by atoms with Crippen molar-refractivity contribution < 1.29 is 51.0 Å². The monoisotopic (exact) mass is 751 g/mol. The van der Waals surface area contributed by atoms with Gasteiger partial charge in [0.25, 0.3) is 21.8 Å². The zero-order chi connectivity index (χ0) is 37.8. The first kappa shape index (κ1) is 38.9. The van der Waals surface area contributed by atoms with Crippen LogP contribution in [0.1, 0.15) is 83.4 Å². The third-order valence-corrected chi connectivity index (χ3v) is 11.1. The van der Waals surface area contributed by atoms with Gasteiger partial charge in [-0.25, -0.2) is 4.68 Å². The zero-order valence-corrected chi connectivity index (χ0v) is 29.7. The number of carbonyl (C=O) groups excluding carboxylic acids is 4. The molecule has 2 saturated heterocycles. The molecule has 16 nitrogen and oxygen atoms in total. The Kier molecular flexibility index (Phi) is 11.7. The molecule has 1 saturated carbocycles. The van der Waals surface area contributed by atoms with Crippen LogP contribution in [0, 0.1) is 5.92 Å². The predicted octanol–water partition coefficient (Wildman–Crippen LogP) is 1.77. The molecule has 3 heterocycles. The van der Waals surface area contributed by atoms with Gasteiger partial charge in [0.05, 0.1) is 22.8 Å². The number of ketones is 1. The highest BCUT2D eigenvalue weighted by molar-refractivity contribution is 7.90. The van der Waals surface area contributed by atoms with Crippen molar-refractivity contribution in [1.29, 1.82) is 0 Å². The van der Waals surface area contributed by atoms with Crippen LogP contribution >= 0.6 is 0 Å². The van der Waals surface area contributed by atoms with Crippen LogP contribution in [0.4, 0.5) is 8.78 Å². The molecular formula is C33H43F2N7O9S. The van der Waals surface area contributed by atoms with Crippen LogP contribution in [0.2, 0.25) is 0 Å². The maximum atomic E-state index is 14.6. The molecule has 3 amide bonds. The molecule has 4 N–H and O–H groups in total. The first-order valence-corrected chi connectivity index (χ1v) is 18.5. The number of rotatable bonds is 13. The molecule has 284 valence electrons. The van der Waals surface area contributed by atoms with Crippen LogP contribution < -0.4 is 15.8 Å². The number of halogens is 2. The molecule has 3 aliphatic rings. The lowest BCUT2D eigenvalue weighted by molar-refractivity contribution is -0.146. The highest BCUT2D eigenvalue weighted by atomic mass is 32.2. The second kappa shape index (κ2) is 15.7. The van der Waals surface area contributed by atoms with Crippen molar-refractivity contribution in [2.24, 2.45) is 16.0 Å². The number of nitrogens with two attached hydrogens (primary N) is 1. The van der Waals surface area contributed by atoms with Crippen LogP contribution in [-0.4, -0.2) is 101 Å². The minimum absolute atomic E-state index is 0.0279. The topological polar surface area (TPSA) is 225 Å². The average Bonchev–Trinajstić information content (AvgIpc) is 3.77. The van der Waals surface area contributed by atoms with Gasteiger partial charge in [-0.15, -0.1) is 5.10 Å². The van der Waals surface area contributed by atoms with E-state index in [9.17, 15) is 41.5 Å². The summed E-state index contributed by atoms with van der Waals surface area (Å²) in [6.45, 7) is -0.182. The summed E-state index contributed by atoms with van der Waals surface area (Å²) in [7, 11) is -4.58. The third kappa shape index (κ3) is 8.80. The number of sulfonamides is 1. The number of alkyl halides is 2. The van der Waals surface area contributed by atoms with Crippen LogP contribution in [-0.2, 0) is 39.5 Å². The fraction of sp³-hybridized carbons (Fsp3) is 0.606. The number of hydrogen-bond acceptors (Lipinski definition) is 11. The number of ether oxygens (including phenoxy) is 2. The van der Waals surface area contributed by atoms with Gasteiger partial charge in [-0.05, 0) is 50.5 Å². The summed E-state index contributed by atoms with van der Waals surface area (Å²) in [5.74, 6) is -4.29. The van der Waals surface area contributed by atoms with Crippen molar-refractivity contribution in [3.05, 3.63) is 36.2 Å². The average molecular weight is 752 g/mol. The van der Waals surface area contributed by atoms with E-state index in [0.29, 0.717) is 12.8 Å². The maximum Gasteiger partial charge on any atom is 0.387 e. The van der Waals surface area contributed by atoms with Crippen LogP contribution in [0.5, 0.6) is 5.75 Å². The van der Waals surface area contributed by atoms with Crippen molar-refractivity contribution >= 4 is 39.2 Å². The number of Topliss-reactive ketones (excluding diaryl/α,β-unsaturated/α-hetero) is 1. The van der Waals surface area contributed by atoms with E-state index in [0.717, 1.165) is 48.4 Å². The Morgan fingerprint density at radius 2 is 1.79 bits per heavy atom. The Balaban J connectivity index is 1.54. The summed E-state index contributed by atoms with van der Waals surface area (Å²) in [4.78, 5) is 54.8. The van der Waals surface area contributed by atoms with E-state index < -0.39 is 63.4 Å². The lowest BCUT2D eigenvalue weighted by Gasteiger charge is -2.37. The number of aromatic nitrogens is 3. The lowest BCUT2D eigenvalue weighted by Crippen LogP contribution is -2.63. The summed E-state index contributed by atoms with van der Waals surface area (Å²) in [6, 6.07) is 2.10. The zero-order valence-electron chi connectivity index (χ0n) is 28.9. The SMILES string of the molecule is CC(C)(O)c1cnnn1[C@H]1C[C@@H](C(=O)NC2(C(=O)C(N)=O)CCOCC2)N(C(=O)C(CC2CCCCC2)=NS(=O)(=O)c2ccc(OC(F)F)cc2)C1. The minimum atomic E-state index is -4.58. The molecular weight excluding hydrogens is 708 g/mol. The summed E-state index contributed by atoms with van der Waals surface area (Å²) in [5, 5.41) is 21.5. The summed E-state index contributed by atoms with van der Waals surface area (Å²) < 4.78 is 67.7. The molecule has 1 aliphatic carbocycles. The van der Waals surface area contributed by atoms with Crippen molar-refractivity contribution in [2.75, 3.05) is 19.8 Å². The van der Waals surface area contributed by atoms with Crippen LogP contribution in [0.15, 0.2) is 39.8 Å². The van der Waals surface area contributed by atoms with Crippen molar-refractivity contribution in [1.82, 2.24) is 25.2 Å². The minimum Gasteiger partial charge on any atom is -0.435 e. The van der Waals surface area contributed by atoms with Gasteiger partial charge < -0.3 is 30.5 Å². The molecule has 0 bridgehead atoms. The highest BCUT2D eigenvalue weighted by Crippen LogP contribution is 2.34. The summed E-state index contributed by atoms with van der Waals surface area (Å²) in [6.07, 6.45) is 5.28. The Labute approximate surface area is 299 Å². The van der Waals surface area contributed by atoms with Gasteiger partial charge in [0, 0.05) is 39.0 Å². The van der Waals surface area contributed by atoms with Gasteiger partial charge in [-0.1, -0.05) is 37.3 Å². The summed E-state index contributed by atoms with van der Waals surface area (Å²) in [5.41, 5.74) is 2.20. The lowest BCUT2D eigenvalue weighted by atomic mass is 9.84. The Morgan fingerprint density at radius 3 is 2.38 bits per heavy atom. The second-order valence-electron chi connectivity index (χ2n) is 13.9. The molecule has 0 spiro atoms. The summed E-state index contributed by atoms with van der Waals surface area (Å²) >= 11 is 0. The van der Waals surface area contributed by atoms with E-state index in [4.69, 9.17) is 10.5 Å². The molecule has 2 aliphatic heterocycles. The Hall–Kier alpha value is -4.36. The quantitative estimate of drug-likeness (QED) is 0.198. The van der Waals surface area contributed by atoms with E-state index >= 15 is 0 Å². The van der Waals surface area contributed by atoms with Gasteiger partial charge >= 0.3 is 6.61 Å². The normalized spacial score (nSPS) is 21.6. The fourth-order valence-corrected chi connectivity index (χ4v) is 8.11. The van der Waals surface area contributed by atoms with Gasteiger partial charge in [0.2, 0.25) is 11.7 Å². The van der Waals surface area contributed by atoms with Crippen molar-refractivity contribution in [2.45, 2.75) is 106 Å². The fourth-order valence-electron chi connectivity index (χ4n) is 7.08. The molecule has 0 unspecified atom stereocenters. The van der Waals surface area contributed by atoms with E-state index in [2.05, 4.69) is 24.8 Å². The first-order chi connectivity index (χ1) is 24.5. The van der Waals surface area contributed by atoms with Crippen molar-refractivity contribution in [3.63, 3.8) is 0 Å². The molecule has 1 aromatic carbocycles. The number of amides is 3. The number of carbonyl (C=O) groups is 4. The van der Waals surface area contributed by atoms with E-state index in [1.807, 2.05) is 0 Å². The van der Waals surface area contributed by atoms with Crippen LogP contribution in [0.25, 0.3) is 0 Å². The molecule has 19 heteroatoms. The highest BCUT2D eigenvalue weighted by Gasteiger charge is 2.49. The molecule has 1 aromatic heterocycles. The Bertz CT molecular complexity index is 1780. The maximum absolute atomic E-state index is 14.6. The van der Waals surface area contributed by atoms with Gasteiger partial charge in [-0.3, -0.25) is 19.2 Å². The number of primary amides is 1. The van der Waals surface area contributed by atoms with Gasteiger partial charge in [-0.2, -0.15) is 21.6 Å². The number of hydrogen-bond donors (Lipinski definition) is 3. The predicted molar refractivity (Wildman–Crippen MR) is 178 cm³/mol. The molecule has 3 fully saturated rings. The number of nitrogens with one attached hydrogen (secondary N) is 1. The molecule has 0 radical (unpaired) electrons. The first-order valence-electron chi connectivity index (χ1n) is 17.1. The van der Waals surface area contributed by atoms with Gasteiger partial charge in [0.1, 0.15) is 28.6 Å².